The van der Waals surface area contributed by atoms with Crippen LogP contribution < -0.4 is 5.73 Å². The molecule has 2 unspecified atom stereocenters. The number of likely N-dealkylation sites (N-methyl/N-ethyl adjacent to an activating group) is 1. The van der Waals surface area contributed by atoms with Crippen LogP contribution in [0.5, 0.6) is 0 Å². The summed E-state index contributed by atoms with van der Waals surface area (Å²) in [5.41, 5.74) is 5.04. The lowest BCUT2D eigenvalue weighted by Crippen LogP contribution is -2.52. The number of hydrogen-bond acceptors (Lipinski definition) is 5. The number of ether oxygens (including phenoxy) is 1. The quantitative estimate of drug-likeness (QED) is 0.561. The molecular weight excluding hydrogens is 443 g/mol. The van der Waals surface area contributed by atoms with Gasteiger partial charge in [-0.1, -0.05) is 27.7 Å². The molecule has 4 rings (SSSR count). The first-order chi connectivity index (χ1) is 16.1. The zero-order valence-electron chi connectivity index (χ0n) is 21.3. The maximum absolute atomic E-state index is 12.7. The van der Waals surface area contributed by atoms with Gasteiger partial charge in [0.1, 0.15) is 5.82 Å². The van der Waals surface area contributed by atoms with E-state index >= 15 is 0 Å². The van der Waals surface area contributed by atoms with E-state index in [1.165, 1.54) is 32.0 Å². The molecule has 2 aromatic heterocycles. The summed E-state index contributed by atoms with van der Waals surface area (Å²) in [6.45, 7) is 15.7. The number of nitrogens with two attached hydrogens (primary N) is 1. The van der Waals surface area contributed by atoms with Crippen LogP contribution in [0.4, 0.5) is 19.0 Å². The summed E-state index contributed by atoms with van der Waals surface area (Å²) in [6, 6.07) is 4.34. The second-order valence-corrected chi connectivity index (χ2v) is 9.02. The van der Waals surface area contributed by atoms with Crippen molar-refractivity contribution in [1.29, 1.82) is 0 Å². The lowest BCUT2D eigenvalue weighted by molar-refractivity contribution is -0.137. The summed E-state index contributed by atoms with van der Waals surface area (Å²) >= 11 is 0. The van der Waals surface area contributed by atoms with Gasteiger partial charge in [-0.05, 0) is 57.7 Å². The number of nitrogen functional groups attached to an aromatic ring is 1. The van der Waals surface area contributed by atoms with Crippen LogP contribution >= 0.6 is 0 Å². The smallest absolute Gasteiger partial charge is 0.383 e. The van der Waals surface area contributed by atoms with Crippen molar-refractivity contribution >= 4 is 5.82 Å². The molecule has 1 aliphatic heterocycles. The van der Waals surface area contributed by atoms with Crippen molar-refractivity contribution in [2.45, 2.75) is 85.1 Å². The minimum Gasteiger partial charge on any atom is -0.383 e. The third-order valence-corrected chi connectivity index (χ3v) is 6.25. The van der Waals surface area contributed by atoms with E-state index in [1.807, 2.05) is 27.7 Å². The number of pyridine rings is 1. The highest BCUT2D eigenvalue weighted by Gasteiger charge is 2.35. The molecule has 0 amide bonds. The molecular formula is C25H40F3N5O. The van der Waals surface area contributed by atoms with Gasteiger partial charge in [-0.25, -0.2) is 4.98 Å². The van der Waals surface area contributed by atoms with Crippen molar-refractivity contribution in [1.82, 2.24) is 19.7 Å². The fourth-order valence-corrected chi connectivity index (χ4v) is 4.33. The molecule has 2 aliphatic rings. The first-order valence-electron chi connectivity index (χ1n) is 12.3. The van der Waals surface area contributed by atoms with Crippen molar-refractivity contribution in [3.63, 3.8) is 0 Å². The predicted molar refractivity (Wildman–Crippen MR) is 130 cm³/mol. The Morgan fingerprint density at radius 2 is 1.88 bits per heavy atom. The Balaban J connectivity index is 0.000000237. The Morgan fingerprint density at radius 3 is 2.32 bits per heavy atom. The van der Waals surface area contributed by atoms with Gasteiger partial charge in [0.15, 0.2) is 0 Å². The number of alkyl halides is 3. The molecule has 34 heavy (non-hydrogen) atoms. The monoisotopic (exact) mass is 483 g/mol. The van der Waals surface area contributed by atoms with Crippen LogP contribution in [0.2, 0.25) is 0 Å². The highest BCUT2D eigenvalue weighted by atomic mass is 19.4. The van der Waals surface area contributed by atoms with Gasteiger partial charge in [0.2, 0.25) is 0 Å². The molecule has 2 fully saturated rings. The van der Waals surface area contributed by atoms with Crippen molar-refractivity contribution in [3.05, 3.63) is 30.1 Å². The van der Waals surface area contributed by atoms with Crippen LogP contribution in [-0.4, -0.2) is 51.5 Å². The summed E-state index contributed by atoms with van der Waals surface area (Å²) in [6.07, 6.45) is 2.72. The molecule has 1 saturated heterocycles. The molecule has 1 saturated carbocycles. The number of rotatable bonds is 5. The van der Waals surface area contributed by atoms with Crippen molar-refractivity contribution in [3.8, 4) is 11.3 Å². The highest BCUT2D eigenvalue weighted by Crippen LogP contribution is 2.35. The molecule has 2 atom stereocenters. The zero-order chi connectivity index (χ0) is 25.5. The molecule has 0 bridgehead atoms. The Labute approximate surface area is 201 Å². The molecule has 0 spiro atoms. The van der Waals surface area contributed by atoms with Gasteiger partial charge in [-0.3, -0.25) is 9.58 Å². The standard InChI is InChI=1S/C12H13F3N4.C11H21NO.C2H6/c1-7(2)19-4-3-10(18-19)8-5-9(12(13,14)15)11(16)17-6-8;1-3-12(11-7-13-8-11)10-5-4-9(2)6-10;1-2/h3-7H,1-2H3,(H2,16,17);9-11H,3-8H2,1-2H3;1-2H3. The molecule has 192 valence electrons. The average molecular weight is 484 g/mol. The van der Waals surface area contributed by atoms with E-state index in [9.17, 15) is 13.2 Å². The molecule has 2 aromatic rings. The van der Waals surface area contributed by atoms with Gasteiger partial charge in [0.05, 0.1) is 30.5 Å². The van der Waals surface area contributed by atoms with E-state index in [1.54, 1.807) is 16.9 Å². The van der Waals surface area contributed by atoms with Gasteiger partial charge in [0, 0.05) is 30.0 Å². The minimum absolute atomic E-state index is 0.137. The van der Waals surface area contributed by atoms with Gasteiger partial charge in [-0.2, -0.15) is 18.3 Å². The molecule has 9 heteroatoms. The second-order valence-electron chi connectivity index (χ2n) is 9.02. The van der Waals surface area contributed by atoms with E-state index in [2.05, 4.69) is 28.8 Å². The highest BCUT2D eigenvalue weighted by molar-refractivity contribution is 5.61. The maximum Gasteiger partial charge on any atom is 0.419 e. The van der Waals surface area contributed by atoms with Crippen LogP contribution in [-0.2, 0) is 10.9 Å². The maximum atomic E-state index is 12.7. The minimum atomic E-state index is -4.52. The predicted octanol–water partition coefficient (Wildman–Crippen LogP) is 6.05. The summed E-state index contributed by atoms with van der Waals surface area (Å²) in [4.78, 5) is 6.24. The normalized spacial score (nSPS) is 20.4. The van der Waals surface area contributed by atoms with E-state index in [4.69, 9.17) is 10.5 Å². The van der Waals surface area contributed by atoms with E-state index in [-0.39, 0.29) is 6.04 Å². The first-order valence-corrected chi connectivity index (χ1v) is 12.3. The van der Waals surface area contributed by atoms with E-state index in [0.29, 0.717) is 11.3 Å². The largest absolute Gasteiger partial charge is 0.419 e. The summed E-state index contributed by atoms with van der Waals surface area (Å²) in [5.74, 6) is 0.416. The number of anilines is 1. The molecule has 3 heterocycles. The second kappa shape index (κ2) is 12.5. The fourth-order valence-electron chi connectivity index (χ4n) is 4.33. The van der Waals surface area contributed by atoms with Crippen molar-refractivity contribution in [2.24, 2.45) is 5.92 Å². The van der Waals surface area contributed by atoms with Crippen LogP contribution in [0.25, 0.3) is 11.3 Å². The van der Waals surface area contributed by atoms with Crippen LogP contribution in [0, 0.1) is 5.92 Å². The Hall–Kier alpha value is -2.13. The van der Waals surface area contributed by atoms with Gasteiger partial charge in [-0.15, -0.1) is 0 Å². The SMILES string of the molecule is CC.CC(C)n1ccc(-c2cnc(N)c(C(F)(F)F)c2)n1.CCN(C1COC1)C1CCC(C)C1. The molecule has 1 aliphatic carbocycles. The topological polar surface area (TPSA) is 69.2 Å². The summed E-state index contributed by atoms with van der Waals surface area (Å²) < 4.78 is 45.1. The fraction of sp³-hybridized carbons (Fsp3) is 0.680. The summed E-state index contributed by atoms with van der Waals surface area (Å²) in [5, 5.41) is 4.20. The zero-order valence-corrected chi connectivity index (χ0v) is 21.3. The lowest BCUT2D eigenvalue weighted by Gasteiger charge is -2.40. The van der Waals surface area contributed by atoms with E-state index in [0.717, 1.165) is 37.3 Å². The average Bonchev–Trinajstić information content (AvgIpc) is 3.41. The van der Waals surface area contributed by atoms with E-state index < -0.39 is 17.6 Å². The number of halogens is 3. The van der Waals surface area contributed by atoms with Crippen LogP contribution in [0.1, 0.15) is 72.4 Å². The number of hydrogen-bond donors (Lipinski definition) is 1. The first kappa shape index (κ1) is 28.1. The Bertz CT molecular complexity index is 880. The van der Waals surface area contributed by atoms with Gasteiger partial charge in [0.25, 0.3) is 0 Å². The molecule has 0 aromatic carbocycles. The number of aromatic nitrogens is 3. The van der Waals surface area contributed by atoms with Crippen LogP contribution in [0.15, 0.2) is 24.5 Å². The molecule has 2 N–H and O–H groups in total. The Kier molecular flexibility index (Phi) is 10.4. The third-order valence-electron chi connectivity index (χ3n) is 6.25. The van der Waals surface area contributed by atoms with Gasteiger partial charge < -0.3 is 10.5 Å². The lowest BCUT2D eigenvalue weighted by atomic mass is 10.1. The van der Waals surface area contributed by atoms with Crippen LogP contribution in [0.3, 0.4) is 0 Å². The van der Waals surface area contributed by atoms with Gasteiger partial charge >= 0.3 is 6.18 Å². The third kappa shape index (κ3) is 7.18. The Morgan fingerprint density at radius 1 is 1.21 bits per heavy atom. The van der Waals surface area contributed by atoms with Crippen molar-refractivity contribution in [2.75, 3.05) is 25.5 Å². The molecule has 6 nitrogen and oxygen atoms in total. The molecule has 0 radical (unpaired) electrons. The van der Waals surface area contributed by atoms with Crippen molar-refractivity contribution < 1.29 is 17.9 Å². The summed E-state index contributed by atoms with van der Waals surface area (Å²) in [7, 11) is 0. The number of nitrogens with zero attached hydrogens (tertiary/aromatic N) is 4.